The van der Waals surface area contributed by atoms with Crippen molar-refractivity contribution in [3.63, 3.8) is 0 Å². The van der Waals surface area contributed by atoms with Crippen molar-refractivity contribution in [1.82, 2.24) is 4.72 Å². The van der Waals surface area contributed by atoms with Crippen molar-refractivity contribution in [1.29, 1.82) is 0 Å². The minimum atomic E-state index is -3.57. The van der Waals surface area contributed by atoms with Gasteiger partial charge in [0, 0.05) is 5.02 Å². The number of sulfonamides is 1. The quantitative estimate of drug-likeness (QED) is 0.868. The molecule has 0 atom stereocenters. The lowest BCUT2D eigenvalue weighted by molar-refractivity contribution is 0.417. The number of anilines is 1. The van der Waals surface area contributed by atoms with Crippen LogP contribution in [0.1, 0.15) is 11.3 Å². The van der Waals surface area contributed by atoms with Crippen molar-refractivity contribution in [2.45, 2.75) is 18.6 Å². The van der Waals surface area contributed by atoms with Crippen LogP contribution in [0.15, 0.2) is 33.8 Å². The van der Waals surface area contributed by atoms with Gasteiger partial charge in [-0.05, 0) is 43.8 Å². The summed E-state index contributed by atoms with van der Waals surface area (Å²) in [5, 5.41) is 4.06. The fourth-order valence-electron chi connectivity index (χ4n) is 1.66. The lowest BCUT2D eigenvalue weighted by atomic mass is 10.2. The van der Waals surface area contributed by atoms with Gasteiger partial charge in [0.2, 0.25) is 5.09 Å². The van der Waals surface area contributed by atoms with Crippen LogP contribution in [0.3, 0.4) is 0 Å². The van der Waals surface area contributed by atoms with Crippen molar-refractivity contribution >= 4 is 38.9 Å². The molecule has 0 aliphatic heterocycles. The van der Waals surface area contributed by atoms with Gasteiger partial charge >= 0.3 is 0 Å². The van der Waals surface area contributed by atoms with Gasteiger partial charge in [0.1, 0.15) is 5.76 Å². The van der Waals surface area contributed by atoms with E-state index in [0.29, 0.717) is 28.0 Å². The molecule has 0 fully saturated rings. The zero-order valence-corrected chi connectivity index (χ0v) is 13.7. The third kappa shape index (κ3) is 3.71. The zero-order chi connectivity index (χ0) is 15.6. The summed E-state index contributed by atoms with van der Waals surface area (Å²) in [6, 6.07) is 6.45. The predicted octanol–water partition coefficient (Wildman–Crippen LogP) is 3.42. The highest BCUT2D eigenvalue weighted by Gasteiger charge is 2.16. The van der Waals surface area contributed by atoms with Gasteiger partial charge < -0.3 is 9.73 Å². The van der Waals surface area contributed by atoms with Gasteiger partial charge in [0.15, 0.2) is 0 Å². The van der Waals surface area contributed by atoms with E-state index in [2.05, 4.69) is 10.0 Å². The van der Waals surface area contributed by atoms with E-state index in [1.54, 1.807) is 18.2 Å². The summed E-state index contributed by atoms with van der Waals surface area (Å²) in [7, 11) is -2.25. The number of hydrogen-bond acceptors (Lipinski definition) is 4. The molecule has 0 spiro atoms. The molecule has 2 rings (SSSR count). The number of halogens is 2. The molecule has 0 saturated carbocycles. The number of nitrogens with one attached hydrogen (secondary N) is 2. The predicted molar refractivity (Wildman–Crippen MR) is 83.5 cm³/mol. The van der Waals surface area contributed by atoms with E-state index >= 15 is 0 Å². The molecule has 2 N–H and O–H groups in total. The van der Waals surface area contributed by atoms with Gasteiger partial charge in [-0.2, -0.15) is 0 Å². The van der Waals surface area contributed by atoms with Gasteiger partial charge in [-0.1, -0.05) is 23.2 Å². The number of hydrogen-bond donors (Lipinski definition) is 2. The summed E-state index contributed by atoms with van der Waals surface area (Å²) < 4.78 is 30.6. The topological polar surface area (TPSA) is 71.3 Å². The molecule has 5 nitrogen and oxygen atoms in total. The molecule has 0 radical (unpaired) electrons. The lowest BCUT2D eigenvalue weighted by Gasteiger charge is -2.09. The highest BCUT2D eigenvalue weighted by molar-refractivity contribution is 7.89. The van der Waals surface area contributed by atoms with Crippen LogP contribution in [-0.4, -0.2) is 15.5 Å². The Labute approximate surface area is 133 Å². The standard InChI is InChI=1S/C13H14Cl2N2O3S/c1-8-5-11(15)12(6-10(8)14)17-7-9-3-4-13(20-9)21(18,19)16-2/h3-6,16-17H,7H2,1-2H3. The number of furan rings is 1. The van der Waals surface area contributed by atoms with E-state index in [9.17, 15) is 8.42 Å². The van der Waals surface area contributed by atoms with Crippen LogP contribution in [0.4, 0.5) is 5.69 Å². The van der Waals surface area contributed by atoms with Crippen molar-refractivity contribution in [3.8, 4) is 0 Å². The van der Waals surface area contributed by atoms with Crippen LogP contribution in [0, 0.1) is 6.92 Å². The largest absolute Gasteiger partial charge is 0.446 e. The molecule has 21 heavy (non-hydrogen) atoms. The van der Waals surface area contributed by atoms with E-state index in [4.69, 9.17) is 27.6 Å². The SMILES string of the molecule is CNS(=O)(=O)c1ccc(CNc2cc(Cl)c(C)cc2Cl)o1. The normalized spacial score (nSPS) is 11.6. The molecule has 0 saturated heterocycles. The van der Waals surface area contributed by atoms with Crippen LogP contribution in [0.25, 0.3) is 0 Å². The van der Waals surface area contributed by atoms with Gasteiger partial charge in [0.25, 0.3) is 10.0 Å². The Kier molecular flexibility index (Phi) is 4.83. The summed E-state index contributed by atoms with van der Waals surface area (Å²) in [5.74, 6) is 0.469. The summed E-state index contributed by atoms with van der Waals surface area (Å²) in [6.07, 6.45) is 0. The summed E-state index contributed by atoms with van der Waals surface area (Å²) in [5.41, 5.74) is 1.54. The first-order valence-electron chi connectivity index (χ1n) is 6.05. The van der Waals surface area contributed by atoms with E-state index in [1.807, 2.05) is 6.92 Å². The highest BCUT2D eigenvalue weighted by Crippen LogP contribution is 2.29. The van der Waals surface area contributed by atoms with Crippen molar-refractivity contribution in [2.75, 3.05) is 12.4 Å². The summed E-state index contributed by atoms with van der Waals surface area (Å²) >= 11 is 12.2. The lowest BCUT2D eigenvalue weighted by Crippen LogP contribution is -2.17. The second-order valence-corrected chi connectivity index (χ2v) is 6.99. The van der Waals surface area contributed by atoms with Gasteiger partial charge in [-0.3, -0.25) is 0 Å². The number of aryl methyl sites for hydroxylation is 1. The fourth-order valence-corrected chi connectivity index (χ4v) is 2.78. The third-order valence-electron chi connectivity index (χ3n) is 2.87. The Morgan fingerprint density at radius 1 is 1.19 bits per heavy atom. The van der Waals surface area contributed by atoms with E-state index in [1.165, 1.54) is 13.1 Å². The molecule has 1 heterocycles. The maximum atomic E-state index is 11.6. The average Bonchev–Trinajstić information content (AvgIpc) is 2.91. The first kappa shape index (κ1) is 16.2. The second-order valence-electron chi connectivity index (χ2n) is 4.36. The summed E-state index contributed by atoms with van der Waals surface area (Å²) in [4.78, 5) is 0. The van der Waals surface area contributed by atoms with Gasteiger partial charge in [-0.15, -0.1) is 0 Å². The molecule has 114 valence electrons. The molecular weight excluding hydrogens is 335 g/mol. The second kappa shape index (κ2) is 6.27. The molecule has 1 aromatic heterocycles. The van der Waals surface area contributed by atoms with Crippen molar-refractivity contribution in [3.05, 3.63) is 45.6 Å². The zero-order valence-electron chi connectivity index (χ0n) is 11.4. The van der Waals surface area contributed by atoms with Crippen molar-refractivity contribution in [2.24, 2.45) is 0 Å². The first-order chi connectivity index (χ1) is 9.83. The molecule has 0 unspecified atom stereocenters. The number of benzene rings is 1. The molecule has 0 aliphatic carbocycles. The van der Waals surface area contributed by atoms with Gasteiger partial charge in [-0.25, -0.2) is 13.1 Å². The van der Waals surface area contributed by atoms with Crippen LogP contribution < -0.4 is 10.0 Å². The van der Waals surface area contributed by atoms with Crippen LogP contribution in [0.2, 0.25) is 10.0 Å². The molecule has 2 aromatic rings. The Morgan fingerprint density at radius 3 is 2.57 bits per heavy atom. The van der Waals surface area contributed by atoms with E-state index < -0.39 is 10.0 Å². The Bertz CT molecular complexity index is 757. The number of rotatable bonds is 5. The fraction of sp³-hybridized carbons (Fsp3) is 0.231. The molecule has 0 bridgehead atoms. The third-order valence-corrected chi connectivity index (χ3v) is 4.88. The highest BCUT2D eigenvalue weighted by atomic mass is 35.5. The molecule has 8 heteroatoms. The molecular formula is C13H14Cl2N2O3S. The van der Waals surface area contributed by atoms with E-state index in [-0.39, 0.29) is 5.09 Å². The van der Waals surface area contributed by atoms with Crippen LogP contribution >= 0.6 is 23.2 Å². The van der Waals surface area contributed by atoms with E-state index in [0.717, 1.165) is 5.56 Å². The molecule has 0 amide bonds. The molecule has 0 aliphatic rings. The maximum Gasteiger partial charge on any atom is 0.273 e. The first-order valence-corrected chi connectivity index (χ1v) is 8.29. The van der Waals surface area contributed by atoms with Crippen LogP contribution in [0.5, 0.6) is 0 Å². The average molecular weight is 349 g/mol. The van der Waals surface area contributed by atoms with Crippen LogP contribution in [-0.2, 0) is 16.6 Å². The summed E-state index contributed by atoms with van der Waals surface area (Å²) in [6.45, 7) is 2.15. The van der Waals surface area contributed by atoms with Gasteiger partial charge in [0.05, 0.1) is 17.3 Å². The molecule has 1 aromatic carbocycles. The maximum absolute atomic E-state index is 11.6. The Morgan fingerprint density at radius 2 is 1.90 bits per heavy atom. The Balaban J connectivity index is 2.13. The minimum absolute atomic E-state index is 0.130. The smallest absolute Gasteiger partial charge is 0.273 e. The Hall–Kier alpha value is -1.21. The minimum Gasteiger partial charge on any atom is -0.446 e. The van der Waals surface area contributed by atoms with Crippen molar-refractivity contribution < 1.29 is 12.8 Å². The monoisotopic (exact) mass is 348 g/mol.